The lowest BCUT2D eigenvalue weighted by Gasteiger charge is -2.30. The number of benzene rings is 2. The van der Waals surface area contributed by atoms with Crippen molar-refractivity contribution in [2.75, 3.05) is 6.54 Å². The van der Waals surface area contributed by atoms with Crippen LogP contribution >= 0.6 is 0 Å². The topological polar surface area (TPSA) is 35.2 Å². The summed E-state index contributed by atoms with van der Waals surface area (Å²) in [6.45, 7) is 0.989. The molecular formula is C18H19F2NO. The van der Waals surface area contributed by atoms with Gasteiger partial charge in [0, 0.05) is 0 Å². The third-order valence-electron chi connectivity index (χ3n) is 4.27. The largest absolute Gasteiger partial charge is 0.361 e. The summed E-state index contributed by atoms with van der Waals surface area (Å²) in [5.74, 6) is -0.544. The maximum absolute atomic E-state index is 13.5. The van der Waals surface area contributed by atoms with E-state index in [-0.39, 0.29) is 11.6 Å². The van der Waals surface area contributed by atoms with Crippen molar-refractivity contribution in [1.29, 1.82) is 0 Å². The molecule has 2 aromatic carbocycles. The molecule has 4 heteroatoms. The summed E-state index contributed by atoms with van der Waals surface area (Å²) in [4.78, 5) is 0. The first-order valence-corrected chi connectivity index (χ1v) is 7.55. The van der Waals surface area contributed by atoms with Gasteiger partial charge in [-0.3, -0.25) is 0 Å². The van der Waals surface area contributed by atoms with E-state index in [1.807, 2.05) is 0 Å². The van der Waals surface area contributed by atoms with Crippen LogP contribution in [0.2, 0.25) is 0 Å². The first-order chi connectivity index (χ1) is 10.7. The highest BCUT2D eigenvalue weighted by atomic mass is 19.1. The van der Waals surface area contributed by atoms with Gasteiger partial charge < -0.3 is 10.5 Å². The molecule has 0 fully saturated rings. The molecule has 116 valence electrons. The standard InChI is InChI=1S/C18H19F2NO/c19-15-5-3-14(4-6-15)18(9-1-2-10-21)17-8-7-16(20)11-13(17)12-22-18/h3-8,11H,1-2,9-10,12,21H2. The first kappa shape index (κ1) is 15.1. The molecule has 22 heavy (non-hydrogen) atoms. The molecule has 0 bridgehead atoms. The Balaban J connectivity index is 2.04. The lowest BCUT2D eigenvalue weighted by molar-refractivity contribution is -0.0132. The Morgan fingerprint density at radius 1 is 1.00 bits per heavy atom. The van der Waals surface area contributed by atoms with Crippen molar-refractivity contribution in [3.05, 3.63) is 70.8 Å². The highest BCUT2D eigenvalue weighted by Gasteiger charge is 2.41. The Morgan fingerprint density at radius 3 is 2.45 bits per heavy atom. The van der Waals surface area contributed by atoms with E-state index in [2.05, 4.69) is 0 Å². The quantitative estimate of drug-likeness (QED) is 0.851. The number of rotatable bonds is 5. The van der Waals surface area contributed by atoms with Gasteiger partial charge in [0.25, 0.3) is 0 Å². The maximum Gasteiger partial charge on any atom is 0.123 e. The van der Waals surface area contributed by atoms with Crippen molar-refractivity contribution in [2.45, 2.75) is 31.5 Å². The minimum atomic E-state index is -0.633. The number of nitrogens with two attached hydrogens (primary N) is 1. The molecule has 0 aromatic heterocycles. The molecule has 0 amide bonds. The van der Waals surface area contributed by atoms with Gasteiger partial charge in [-0.2, -0.15) is 0 Å². The average molecular weight is 303 g/mol. The molecule has 1 unspecified atom stereocenters. The van der Waals surface area contributed by atoms with Gasteiger partial charge in [0.05, 0.1) is 6.61 Å². The van der Waals surface area contributed by atoms with Crippen LogP contribution in [0, 0.1) is 11.6 Å². The van der Waals surface area contributed by atoms with Crippen molar-refractivity contribution in [1.82, 2.24) is 0 Å². The lowest BCUT2D eigenvalue weighted by Crippen LogP contribution is -2.27. The molecule has 0 saturated heterocycles. The Morgan fingerprint density at radius 2 is 1.73 bits per heavy atom. The highest BCUT2D eigenvalue weighted by molar-refractivity contribution is 5.44. The fourth-order valence-corrected chi connectivity index (χ4v) is 3.18. The summed E-state index contributed by atoms with van der Waals surface area (Å²) < 4.78 is 32.8. The first-order valence-electron chi connectivity index (χ1n) is 7.55. The van der Waals surface area contributed by atoms with Crippen LogP contribution in [0.15, 0.2) is 42.5 Å². The van der Waals surface area contributed by atoms with Crippen molar-refractivity contribution in [3.63, 3.8) is 0 Å². The van der Waals surface area contributed by atoms with E-state index >= 15 is 0 Å². The van der Waals surface area contributed by atoms with Crippen LogP contribution in [0.25, 0.3) is 0 Å². The smallest absolute Gasteiger partial charge is 0.123 e. The molecule has 1 heterocycles. The van der Waals surface area contributed by atoms with Gasteiger partial charge in [0.1, 0.15) is 17.2 Å². The van der Waals surface area contributed by atoms with E-state index in [1.54, 1.807) is 18.2 Å². The van der Waals surface area contributed by atoms with Crippen molar-refractivity contribution < 1.29 is 13.5 Å². The molecule has 0 saturated carbocycles. The molecule has 2 aromatic rings. The van der Waals surface area contributed by atoms with E-state index in [1.165, 1.54) is 24.3 Å². The lowest BCUT2D eigenvalue weighted by atomic mass is 9.81. The molecule has 0 aliphatic carbocycles. The van der Waals surface area contributed by atoms with E-state index in [4.69, 9.17) is 10.5 Å². The number of ether oxygens (including phenoxy) is 1. The molecular weight excluding hydrogens is 284 g/mol. The molecule has 1 aliphatic heterocycles. The summed E-state index contributed by atoms with van der Waals surface area (Å²) in [5, 5.41) is 0. The van der Waals surface area contributed by atoms with Gasteiger partial charge in [-0.25, -0.2) is 8.78 Å². The zero-order chi connectivity index (χ0) is 15.6. The third-order valence-corrected chi connectivity index (χ3v) is 4.27. The number of halogens is 2. The monoisotopic (exact) mass is 303 g/mol. The van der Waals surface area contributed by atoms with Crippen LogP contribution < -0.4 is 5.73 Å². The maximum atomic E-state index is 13.5. The Kier molecular flexibility index (Phi) is 4.23. The minimum Gasteiger partial charge on any atom is -0.361 e. The fraction of sp³-hybridized carbons (Fsp3) is 0.333. The van der Waals surface area contributed by atoms with Crippen molar-refractivity contribution >= 4 is 0 Å². The normalized spacial score (nSPS) is 20.1. The Bertz CT molecular complexity index is 657. The van der Waals surface area contributed by atoms with Gasteiger partial charge in [-0.15, -0.1) is 0 Å². The van der Waals surface area contributed by atoms with Crippen LogP contribution in [0.5, 0.6) is 0 Å². The second-order valence-electron chi connectivity index (χ2n) is 5.67. The number of fused-ring (bicyclic) bond motifs is 1. The Labute approximate surface area is 128 Å². The summed E-state index contributed by atoms with van der Waals surface area (Å²) >= 11 is 0. The predicted octanol–water partition coefficient (Wildman–Crippen LogP) is 3.87. The Hall–Kier alpha value is -1.78. The molecule has 0 spiro atoms. The van der Waals surface area contributed by atoms with E-state index in [9.17, 15) is 8.78 Å². The summed E-state index contributed by atoms with van der Waals surface area (Å²) in [6.07, 6.45) is 2.53. The molecule has 2 nitrogen and oxygen atoms in total. The van der Waals surface area contributed by atoms with Gasteiger partial charge in [0.2, 0.25) is 0 Å². The summed E-state index contributed by atoms with van der Waals surface area (Å²) in [6, 6.07) is 11.1. The molecule has 2 N–H and O–H groups in total. The van der Waals surface area contributed by atoms with E-state index < -0.39 is 5.60 Å². The van der Waals surface area contributed by atoms with Gasteiger partial charge in [-0.1, -0.05) is 18.2 Å². The van der Waals surface area contributed by atoms with Crippen LogP contribution in [-0.2, 0) is 16.9 Å². The van der Waals surface area contributed by atoms with Gasteiger partial charge >= 0.3 is 0 Å². The zero-order valence-corrected chi connectivity index (χ0v) is 12.3. The minimum absolute atomic E-state index is 0.265. The van der Waals surface area contributed by atoms with Gasteiger partial charge in [-0.05, 0) is 66.8 Å². The van der Waals surface area contributed by atoms with Crippen molar-refractivity contribution in [3.8, 4) is 0 Å². The van der Waals surface area contributed by atoms with Gasteiger partial charge in [0.15, 0.2) is 0 Å². The van der Waals surface area contributed by atoms with Crippen LogP contribution in [-0.4, -0.2) is 6.54 Å². The molecule has 1 aliphatic rings. The average Bonchev–Trinajstić information content (AvgIpc) is 2.87. The van der Waals surface area contributed by atoms with Crippen LogP contribution in [0.3, 0.4) is 0 Å². The highest BCUT2D eigenvalue weighted by Crippen LogP contribution is 2.45. The van der Waals surface area contributed by atoms with E-state index in [0.29, 0.717) is 13.2 Å². The molecule has 3 rings (SSSR count). The zero-order valence-electron chi connectivity index (χ0n) is 12.3. The number of hydrogen-bond donors (Lipinski definition) is 1. The molecule has 1 atom stereocenters. The number of unbranched alkanes of at least 4 members (excludes halogenated alkanes) is 1. The van der Waals surface area contributed by atoms with Crippen LogP contribution in [0.4, 0.5) is 8.78 Å². The third kappa shape index (κ3) is 2.64. The SMILES string of the molecule is NCCCCC1(c2ccc(F)cc2)OCc2cc(F)ccc21. The van der Waals surface area contributed by atoms with E-state index in [0.717, 1.165) is 36.0 Å². The second kappa shape index (κ2) is 6.15. The summed E-state index contributed by atoms with van der Waals surface area (Å²) in [5.41, 5.74) is 7.68. The molecule has 0 radical (unpaired) electrons. The second-order valence-corrected chi connectivity index (χ2v) is 5.67. The fourth-order valence-electron chi connectivity index (χ4n) is 3.18. The van der Waals surface area contributed by atoms with Crippen LogP contribution in [0.1, 0.15) is 36.0 Å². The summed E-state index contributed by atoms with van der Waals surface area (Å²) in [7, 11) is 0. The van der Waals surface area contributed by atoms with Crippen molar-refractivity contribution in [2.24, 2.45) is 5.73 Å². The predicted molar refractivity (Wildman–Crippen MR) is 81.3 cm³/mol. The number of hydrogen-bond acceptors (Lipinski definition) is 2.